The van der Waals surface area contributed by atoms with Crippen molar-refractivity contribution in [2.45, 2.75) is 70.1 Å². The lowest BCUT2D eigenvalue weighted by Gasteiger charge is -2.31. The quantitative estimate of drug-likeness (QED) is 0.352. The van der Waals surface area contributed by atoms with E-state index in [-0.39, 0.29) is 31.3 Å². The van der Waals surface area contributed by atoms with Crippen LogP contribution in [-0.4, -0.2) is 53.6 Å². The molecule has 1 saturated carbocycles. The summed E-state index contributed by atoms with van der Waals surface area (Å²) in [5.74, 6) is -1.06. The average molecular weight is 483 g/mol. The highest BCUT2D eigenvalue weighted by Crippen LogP contribution is 2.24. The lowest BCUT2D eigenvalue weighted by atomic mass is 9.88. The van der Waals surface area contributed by atoms with E-state index in [4.69, 9.17) is 5.73 Å². The molecule has 35 heavy (non-hydrogen) atoms. The second-order valence-electron chi connectivity index (χ2n) is 10.00. The molecule has 2 atom stereocenters. The van der Waals surface area contributed by atoms with Gasteiger partial charge in [0.25, 0.3) is 0 Å². The fraction of sp³-hybridized carbons (Fsp3) is 0.519. The van der Waals surface area contributed by atoms with Crippen LogP contribution in [0.1, 0.15) is 51.5 Å². The number of benzene rings is 2. The van der Waals surface area contributed by atoms with Crippen LogP contribution < -0.4 is 21.7 Å². The molecular weight excluding hydrogens is 444 g/mol. The van der Waals surface area contributed by atoms with Crippen LogP contribution in [0.15, 0.2) is 42.5 Å². The Morgan fingerprint density at radius 1 is 1.06 bits per heavy atom. The van der Waals surface area contributed by atoms with Gasteiger partial charge in [0, 0.05) is 25.4 Å². The second kappa shape index (κ2) is 12.1. The smallest absolute Gasteiger partial charge is 0.245 e. The summed E-state index contributed by atoms with van der Waals surface area (Å²) < 4.78 is 0. The molecule has 0 aromatic heterocycles. The monoisotopic (exact) mass is 482 g/mol. The number of rotatable bonds is 10. The van der Waals surface area contributed by atoms with Gasteiger partial charge in [-0.15, -0.1) is 0 Å². The number of aliphatic hydroxyl groups is 1. The van der Waals surface area contributed by atoms with E-state index < -0.39 is 29.5 Å². The summed E-state index contributed by atoms with van der Waals surface area (Å²) in [6.45, 7) is 3.29. The minimum atomic E-state index is -1.19. The van der Waals surface area contributed by atoms with Gasteiger partial charge in [-0.1, -0.05) is 61.7 Å². The Morgan fingerprint density at radius 3 is 2.43 bits per heavy atom. The summed E-state index contributed by atoms with van der Waals surface area (Å²) >= 11 is 0. The summed E-state index contributed by atoms with van der Waals surface area (Å²) in [5, 5.41) is 20.2. The van der Waals surface area contributed by atoms with Crippen LogP contribution in [0.4, 0.5) is 0 Å². The van der Waals surface area contributed by atoms with Crippen LogP contribution >= 0.6 is 0 Å². The van der Waals surface area contributed by atoms with Crippen LogP contribution in [0.2, 0.25) is 0 Å². The van der Waals surface area contributed by atoms with Gasteiger partial charge in [-0.05, 0) is 43.0 Å². The van der Waals surface area contributed by atoms with Crippen LogP contribution in [0.25, 0.3) is 10.8 Å². The Labute approximate surface area is 207 Å². The molecule has 0 bridgehead atoms. The predicted molar refractivity (Wildman–Crippen MR) is 136 cm³/mol. The van der Waals surface area contributed by atoms with E-state index in [2.05, 4.69) is 16.0 Å². The van der Waals surface area contributed by atoms with Gasteiger partial charge in [-0.2, -0.15) is 0 Å². The Morgan fingerprint density at radius 2 is 1.74 bits per heavy atom. The van der Waals surface area contributed by atoms with E-state index in [1.807, 2.05) is 42.5 Å². The number of carbonyl (C=O) groups is 3. The van der Waals surface area contributed by atoms with E-state index >= 15 is 0 Å². The van der Waals surface area contributed by atoms with Gasteiger partial charge in [0.05, 0.1) is 6.10 Å². The first-order chi connectivity index (χ1) is 16.7. The van der Waals surface area contributed by atoms with E-state index in [0.717, 1.165) is 48.4 Å². The van der Waals surface area contributed by atoms with Crippen molar-refractivity contribution < 1.29 is 19.5 Å². The van der Waals surface area contributed by atoms with Gasteiger partial charge in [-0.3, -0.25) is 14.4 Å². The molecule has 3 amide bonds. The van der Waals surface area contributed by atoms with Crippen LogP contribution in [0, 0.1) is 5.92 Å². The normalized spacial score (nSPS) is 16.3. The van der Waals surface area contributed by atoms with Crippen molar-refractivity contribution >= 4 is 28.5 Å². The van der Waals surface area contributed by atoms with Crippen LogP contribution in [0.5, 0.6) is 0 Å². The summed E-state index contributed by atoms with van der Waals surface area (Å²) in [7, 11) is 0. The molecule has 8 heteroatoms. The largest absolute Gasteiger partial charge is 0.390 e. The maximum Gasteiger partial charge on any atom is 0.245 e. The summed E-state index contributed by atoms with van der Waals surface area (Å²) in [4.78, 5) is 39.0. The molecule has 1 unspecified atom stereocenters. The van der Waals surface area contributed by atoms with Gasteiger partial charge >= 0.3 is 0 Å². The lowest BCUT2D eigenvalue weighted by Crippen LogP contribution is -2.60. The third kappa shape index (κ3) is 7.50. The number of aliphatic hydroxyl groups excluding tert-OH is 1. The first-order valence-electron chi connectivity index (χ1n) is 12.5. The second-order valence-corrected chi connectivity index (χ2v) is 10.00. The molecule has 0 radical (unpaired) electrons. The maximum atomic E-state index is 13.2. The highest BCUT2D eigenvalue weighted by Gasteiger charge is 2.35. The first kappa shape index (κ1) is 26.6. The third-order valence-electron chi connectivity index (χ3n) is 6.64. The molecule has 0 spiro atoms. The number of hydrogen-bond acceptors (Lipinski definition) is 5. The number of amides is 3. The third-order valence-corrected chi connectivity index (χ3v) is 6.64. The minimum absolute atomic E-state index is 0.0127. The Bertz CT molecular complexity index is 1030. The highest BCUT2D eigenvalue weighted by atomic mass is 16.3. The SMILES string of the molecule is CC(C)(NC(=O)C1CCCCC1)C(=O)N[C@H](Cc1ccc2ccccc2c1)C(=O)NCC(O)CN. The molecule has 3 rings (SSSR count). The summed E-state index contributed by atoms with van der Waals surface area (Å²) in [6.07, 6.45) is 4.23. The van der Waals surface area contributed by atoms with Crippen molar-refractivity contribution in [1.29, 1.82) is 0 Å². The van der Waals surface area contributed by atoms with Crippen molar-refractivity contribution in [1.82, 2.24) is 16.0 Å². The molecule has 2 aromatic rings. The zero-order valence-corrected chi connectivity index (χ0v) is 20.7. The van der Waals surface area contributed by atoms with Crippen LogP contribution in [-0.2, 0) is 20.8 Å². The van der Waals surface area contributed by atoms with Crippen LogP contribution in [0.3, 0.4) is 0 Å². The van der Waals surface area contributed by atoms with Crippen molar-refractivity contribution in [2.75, 3.05) is 13.1 Å². The summed E-state index contributed by atoms with van der Waals surface area (Å²) in [6, 6.07) is 12.9. The van der Waals surface area contributed by atoms with E-state index in [0.29, 0.717) is 0 Å². The van der Waals surface area contributed by atoms with E-state index in [9.17, 15) is 19.5 Å². The number of carbonyl (C=O) groups excluding carboxylic acids is 3. The molecule has 2 aromatic carbocycles. The van der Waals surface area contributed by atoms with Crippen molar-refractivity contribution in [3.63, 3.8) is 0 Å². The molecule has 190 valence electrons. The fourth-order valence-corrected chi connectivity index (χ4v) is 4.41. The van der Waals surface area contributed by atoms with Crippen molar-refractivity contribution in [3.05, 3.63) is 48.0 Å². The molecule has 0 aliphatic heterocycles. The Balaban J connectivity index is 1.73. The topological polar surface area (TPSA) is 134 Å². The predicted octanol–water partition coefficient (Wildman–Crippen LogP) is 1.78. The Hall–Kier alpha value is -2.97. The maximum absolute atomic E-state index is 13.2. The standard InChI is InChI=1S/C27H38N4O4/c1-27(2,31-24(33)20-9-4-3-5-10-20)26(35)30-23(25(34)29-17-22(32)16-28)15-18-12-13-19-8-6-7-11-21(19)14-18/h6-8,11-14,20,22-23,32H,3-5,9-10,15-17,28H2,1-2H3,(H,29,34)(H,30,35)(H,31,33)/t22?,23-/m1/s1. The molecule has 8 nitrogen and oxygen atoms in total. The molecular formula is C27H38N4O4. The van der Waals surface area contributed by atoms with Gasteiger partial charge in [0.15, 0.2) is 0 Å². The molecule has 1 aliphatic carbocycles. The lowest BCUT2D eigenvalue weighted by molar-refractivity contribution is -0.136. The van der Waals surface area contributed by atoms with E-state index in [1.165, 1.54) is 0 Å². The fourth-order valence-electron chi connectivity index (χ4n) is 4.41. The number of fused-ring (bicyclic) bond motifs is 1. The van der Waals surface area contributed by atoms with Gasteiger partial charge < -0.3 is 26.8 Å². The number of hydrogen-bond donors (Lipinski definition) is 5. The minimum Gasteiger partial charge on any atom is -0.390 e. The van der Waals surface area contributed by atoms with Gasteiger partial charge in [-0.25, -0.2) is 0 Å². The van der Waals surface area contributed by atoms with Crippen molar-refractivity contribution in [2.24, 2.45) is 11.7 Å². The molecule has 6 N–H and O–H groups in total. The van der Waals surface area contributed by atoms with Crippen molar-refractivity contribution in [3.8, 4) is 0 Å². The molecule has 0 heterocycles. The summed E-state index contributed by atoms with van der Waals surface area (Å²) in [5.41, 5.74) is 5.14. The number of nitrogens with two attached hydrogens (primary N) is 1. The zero-order valence-electron chi connectivity index (χ0n) is 20.7. The molecule has 1 fully saturated rings. The highest BCUT2D eigenvalue weighted by molar-refractivity contribution is 5.95. The van der Waals surface area contributed by atoms with E-state index in [1.54, 1.807) is 13.8 Å². The molecule has 1 aliphatic rings. The number of nitrogens with one attached hydrogen (secondary N) is 3. The molecule has 0 saturated heterocycles. The van der Waals surface area contributed by atoms with Gasteiger partial charge in [0.1, 0.15) is 11.6 Å². The van der Waals surface area contributed by atoms with Gasteiger partial charge in [0.2, 0.25) is 17.7 Å². The average Bonchev–Trinajstić information content (AvgIpc) is 2.86. The first-order valence-corrected chi connectivity index (χ1v) is 12.5. The Kier molecular flexibility index (Phi) is 9.23. The zero-order chi connectivity index (χ0) is 25.4.